The first-order chi connectivity index (χ1) is 9.07. The fourth-order valence-electron chi connectivity index (χ4n) is 3.57. The minimum atomic E-state index is 0.248. The highest BCUT2D eigenvalue weighted by atomic mass is 16.5. The van der Waals surface area contributed by atoms with Gasteiger partial charge in [-0.1, -0.05) is 26.0 Å². The van der Waals surface area contributed by atoms with Crippen molar-refractivity contribution in [3.63, 3.8) is 0 Å². The number of hydrogen-bond donors (Lipinski definition) is 1. The van der Waals surface area contributed by atoms with Gasteiger partial charge in [0.15, 0.2) is 0 Å². The molecule has 2 rings (SSSR count). The molecule has 0 bridgehead atoms. The molecule has 1 fully saturated rings. The maximum absolute atomic E-state index is 5.39. The van der Waals surface area contributed by atoms with Crippen LogP contribution in [0.25, 0.3) is 0 Å². The number of ether oxygens (including phenoxy) is 1. The normalized spacial score (nSPS) is 31.8. The summed E-state index contributed by atoms with van der Waals surface area (Å²) in [6.07, 6.45) is 5.08. The van der Waals surface area contributed by atoms with E-state index in [1.807, 2.05) is 6.07 Å². The second-order valence-electron chi connectivity index (χ2n) is 6.37. The van der Waals surface area contributed by atoms with Crippen molar-refractivity contribution < 1.29 is 4.74 Å². The molecule has 0 spiro atoms. The number of hydrogen-bond acceptors (Lipinski definition) is 2. The molecule has 2 nitrogen and oxygen atoms in total. The molecular formula is C17H27NO. The first-order valence-electron chi connectivity index (χ1n) is 7.39. The number of methoxy groups -OCH3 is 1. The summed E-state index contributed by atoms with van der Waals surface area (Å²) in [6.45, 7) is 4.80. The van der Waals surface area contributed by atoms with E-state index in [9.17, 15) is 0 Å². The summed E-state index contributed by atoms with van der Waals surface area (Å²) >= 11 is 0. The molecule has 2 heteroatoms. The van der Waals surface area contributed by atoms with Gasteiger partial charge >= 0.3 is 0 Å². The fraction of sp³-hybridized carbons (Fsp3) is 0.647. The first kappa shape index (κ1) is 14.4. The summed E-state index contributed by atoms with van der Waals surface area (Å²) in [7, 11) is 3.83. The zero-order valence-corrected chi connectivity index (χ0v) is 12.7. The van der Waals surface area contributed by atoms with E-state index in [4.69, 9.17) is 4.74 Å². The van der Waals surface area contributed by atoms with Gasteiger partial charge in [0.05, 0.1) is 7.11 Å². The Morgan fingerprint density at radius 2 is 2.05 bits per heavy atom. The molecule has 1 aliphatic carbocycles. The zero-order valence-electron chi connectivity index (χ0n) is 12.7. The number of nitrogens with one attached hydrogen (secondary N) is 1. The van der Waals surface area contributed by atoms with E-state index in [0.717, 1.165) is 11.7 Å². The van der Waals surface area contributed by atoms with Gasteiger partial charge < -0.3 is 10.1 Å². The molecule has 1 N–H and O–H groups in total. The van der Waals surface area contributed by atoms with E-state index in [-0.39, 0.29) is 5.41 Å². The fourth-order valence-corrected chi connectivity index (χ4v) is 3.57. The van der Waals surface area contributed by atoms with Crippen LogP contribution in [0.1, 0.15) is 45.1 Å². The second kappa shape index (κ2) is 5.96. The first-order valence-corrected chi connectivity index (χ1v) is 7.39. The Morgan fingerprint density at radius 1 is 1.26 bits per heavy atom. The molecule has 1 aromatic carbocycles. The molecule has 0 aromatic heterocycles. The third-order valence-corrected chi connectivity index (χ3v) is 4.68. The van der Waals surface area contributed by atoms with Crippen LogP contribution >= 0.6 is 0 Å². The molecule has 106 valence electrons. The van der Waals surface area contributed by atoms with Crippen molar-refractivity contribution >= 4 is 0 Å². The SMILES string of the molecule is CNC1CCC(C)CC(C)(c2cccc(OC)c2)C1. The van der Waals surface area contributed by atoms with Gasteiger partial charge in [-0.05, 0) is 61.8 Å². The molecule has 0 aliphatic heterocycles. The summed E-state index contributed by atoms with van der Waals surface area (Å²) in [4.78, 5) is 0. The van der Waals surface area contributed by atoms with Gasteiger partial charge in [0, 0.05) is 6.04 Å². The van der Waals surface area contributed by atoms with Crippen LogP contribution in [0.15, 0.2) is 24.3 Å². The molecule has 1 saturated carbocycles. The monoisotopic (exact) mass is 261 g/mol. The molecule has 1 aliphatic rings. The zero-order chi connectivity index (χ0) is 13.9. The summed E-state index contributed by atoms with van der Waals surface area (Å²) in [5.74, 6) is 1.76. The van der Waals surface area contributed by atoms with E-state index >= 15 is 0 Å². The van der Waals surface area contributed by atoms with Crippen molar-refractivity contribution in [3.8, 4) is 5.75 Å². The highest BCUT2D eigenvalue weighted by Crippen LogP contribution is 2.41. The Balaban J connectivity index is 2.31. The minimum absolute atomic E-state index is 0.248. The van der Waals surface area contributed by atoms with Crippen molar-refractivity contribution in [1.29, 1.82) is 0 Å². The highest BCUT2D eigenvalue weighted by Gasteiger charge is 2.34. The van der Waals surface area contributed by atoms with Gasteiger partial charge in [-0.2, -0.15) is 0 Å². The number of rotatable bonds is 3. The van der Waals surface area contributed by atoms with Gasteiger partial charge in [0.2, 0.25) is 0 Å². The molecule has 0 saturated heterocycles. The topological polar surface area (TPSA) is 21.3 Å². The maximum atomic E-state index is 5.39. The largest absolute Gasteiger partial charge is 0.497 e. The lowest BCUT2D eigenvalue weighted by molar-refractivity contribution is 0.336. The Morgan fingerprint density at radius 3 is 2.74 bits per heavy atom. The Bertz CT molecular complexity index is 417. The third kappa shape index (κ3) is 3.30. The molecule has 0 heterocycles. The van der Waals surface area contributed by atoms with Crippen molar-refractivity contribution in [2.45, 2.75) is 51.0 Å². The van der Waals surface area contributed by atoms with Crippen molar-refractivity contribution in [1.82, 2.24) is 5.32 Å². The highest BCUT2D eigenvalue weighted by molar-refractivity contribution is 5.34. The van der Waals surface area contributed by atoms with Crippen LogP contribution in [0.2, 0.25) is 0 Å². The van der Waals surface area contributed by atoms with Crippen LogP contribution in [0, 0.1) is 5.92 Å². The van der Waals surface area contributed by atoms with E-state index in [1.54, 1.807) is 7.11 Å². The second-order valence-corrected chi connectivity index (χ2v) is 6.37. The Labute approximate surface area is 117 Å². The van der Waals surface area contributed by atoms with Gasteiger partial charge in [-0.25, -0.2) is 0 Å². The molecule has 3 atom stereocenters. The molecule has 1 aromatic rings. The van der Waals surface area contributed by atoms with Crippen molar-refractivity contribution in [2.24, 2.45) is 5.92 Å². The summed E-state index contributed by atoms with van der Waals surface area (Å²) in [5.41, 5.74) is 1.67. The van der Waals surface area contributed by atoms with Gasteiger partial charge in [0.25, 0.3) is 0 Å². The van der Waals surface area contributed by atoms with Gasteiger partial charge in [0.1, 0.15) is 5.75 Å². The molecular weight excluding hydrogens is 234 g/mol. The lowest BCUT2D eigenvalue weighted by atomic mass is 9.73. The number of benzene rings is 1. The van der Waals surface area contributed by atoms with Crippen LogP contribution in [0.3, 0.4) is 0 Å². The van der Waals surface area contributed by atoms with E-state index in [0.29, 0.717) is 6.04 Å². The Hall–Kier alpha value is -1.02. The molecule has 0 amide bonds. The van der Waals surface area contributed by atoms with Crippen LogP contribution < -0.4 is 10.1 Å². The third-order valence-electron chi connectivity index (χ3n) is 4.68. The summed E-state index contributed by atoms with van der Waals surface area (Å²) < 4.78 is 5.39. The van der Waals surface area contributed by atoms with E-state index in [2.05, 4.69) is 44.4 Å². The molecule has 19 heavy (non-hydrogen) atoms. The van der Waals surface area contributed by atoms with E-state index in [1.165, 1.54) is 31.2 Å². The molecule has 3 unspecified atom stereocenters. The lowest BCUT2D eigenvalue weighted by Gasteiger charge is -2.33. The van der Waals surface area contributed by atoms with Crippen molar-refractivity contribution in [2.75, 3.05) is 14.2 Å². The van der Waals surface area contributed by atoms with E-state index < -0.39 is 0 Å². The summed E-state index contributed by atoms with van der Waals surface area (Å²) in [6, 6.07) is 9.24. The average molecular weight is 261 g/mol. The minimum Gasteiger partial charge on any atom is -0.497 e. The lowest BCUT2D eigenvalue weighted by Crippen LogP contribution is -2.33. The van der Waals surface area contributed by atoms with Crippen LogP contribution in [0.4, 0.5) is 0 Å². The van der Waals surface area contributed by atoms with Crippen LogP contribution in [-0.2, 0) is 5.41 Å². The predicted octanol–water partition coefficient (Wildman–Crippen LogP) is 3.75. The smallest absolute Gasteiger partial charge is 0.119 e. The van der Waals surface area contributed by atoms with Crippen molar-refractivity contribution in [3.05, 3.63) is 29.8 Å². The summed E-state index contributed by atoms with van der Waals surface area (Å²) in [5, 5.41) is 3.49. The maximum Gasteiger partial charge on any atom is 0.119 e. The van der Waals surface area contributed by atoms with Gasteiger partial charge in [-0.3, -0.25) is 0 Å². The quantitative estimate of drug-likeness (QED) is 0.837. The van der Waals surface area contributed by atoms with Crippen LogP contribution in [0.5, 0.6) is 5.75 Å². The molecule has 0 radical (unpaired) electrons. The standard InChI is InChI=1S/C17H27NO/c1-13-8-9-15(18-3)12-17(2,11-13)14-6-5-7-16(10-14)19-4/h5-7,10,13,15,18H,8-9,11-12H2,1-4H3. The Kier molecular flexibility index (Phi) is 4.51. The predicted molar refractivity (Wildman–Crippen MR) is 80.8 cm³/mol. The average Bonchev–Trinajstić information content (AvgIpc) is 2.58. The van der Waals surface area contributed by atoms with Crippen LogP contribution in [-0.4, -0.2) is 20.2 Å². The van der Waals surface area contributed by atoms with Gasteiger partial charge in [-0.15, -0.1) is 0 Å².